The van der Waals surface area contributed by atoms with Gasteiger partial charge >= 0.3 is 0 Å². The van der Waals surface area contributed by atoms with Crippen molar-refractivity contribution in [1.29, 1.82) is 0 Å². The SMILES string of the molecule is CC(C)c1cccc(C(C)C)c1[N-]CCCOc1ccccc1-c1cccc(-c2ccccc2)c1O.[CH2-]c1ccccc1.[CH2-]c1ccccc1.[Hf]. The van der Waals surface area contributed by atoms with Gasteiger partial charge in [-0.3, -0.25) is 0 Å². The van der Waals surface area contributed by atoms with Gasteiger partial charge in [-0.15, -0.1) is 36.5 Å². The molecule has 6 aromatic carbocycles. The summed E-state index contributed by atoms with van der Waals surface area (Å²) >= 11 is 0. The number of benzene rings is 6. The normalized spacial score (nSPS) is 10.2. The molecule has 0 atom stereocenters. The van der Waals surface area contributed by atoms with Crippen LogP contribution in [-0.2, 0) is 25.8 Å². The van der Waals surface area contributed by atoms with E-state index in [1.165, 1.54) is 11.1 Å². The van der Waals surface area contributed by atoms with E-state index in [-0.39, 0.29) is 31.6 Å². The first-order chi connectivity index (χ1) is 24.3. The Morgan fingerprint density at radius 2 is 1.00 bits per heavy atom. The molecule has 0 saturated heterocycles. The van der Waals surface area contributed by atoms with Crippen LogP contribution < -0.4 is 4.74 Å². The van der Waals surface area contributed by atoms with Gasteiger partial charge in [0.15, 0.2) is 0 Å². The number of phenolic OH excluding ortho intramolecular Hbond substituents is 1. The summed E-state index contributed by atoms with van der Waals surface area (Å²) in [6.07, 6.45) is 0.814. The van der Waals surface area contributed by atoms with Crippen LogP contribution in [0, 0.1) is 13.8 Å². The minimum absolute atomic E-state index is 0. The molecular formula is C47H50HfNO2-3. The Balaban J connectivity index is 0.000000387. The molecule has 51 heavy (non-hydrogen) atoms. The molecule has 0 bridgehead atoms. The van der Waals surface area contributed by atoms with Gasteiger partial charge in [0.05, 0.1) is 6.61 Å². The molecule has 0 aliphatic rings. The summed E-state index contributed by atoms with van der Waals surface area (Å²) in [5.41, 5.74) is 9.35. The molecule has 0 spiro atoms. The summed E-state index contributed by atoms with van der Waals surface area (Å²) in [7, 11) is 0. The van der Waals surface area contributed by atoms with Gasteiger partial charge in [-0.1, -0.05) is 136 Å². The van der Waals surface area contributed by atoms with Crippen molar-refractivity contribution in [3.05, 3.63) is 193 Å². The third-order valence-corrected chi connectivity index (χ3v) is 8.16. The van der Waals surface area contributed by atoms with Crippen LogP contribution in [0.1, 0.15) is 68.2 Å². The predicted molar refractivity (Wildman–Crippen MR) is 213 cm³/mol. The number of nitrogens with zero attached hydrogens (tertiary/aromatic N) is 1. The van der Waals surface area contributed by atoms with Crippen LogP contribution in [0.5, 0.6) is 11.5 Å². The maximum absolute atomic E-state index is 11.1. The molecule has 0 aromatic heterocycles. The van der Waals surface area contributed by atoms with Gasteiger partial charge in [-0.2, -0.15) is 49.2 Å². The average molecular weight is 839 g/mol. The topological polar surface area (TPSA) is 43.6 Å². The number of aromatic hydroxyl groups is 1. The van der Waals surface area contributed by atoms with Crippen molar-refractivity contribution in [1.82, 2.24) is 0 Å². The number of para-hydroxylation sites is 3. The van der Waals surface area contributed by atoms with Crippen molar-refractivity contribution in [3.8, 4) is 33.8 Å². The van der Waals surface area contributed by atoms with E-state index in [1.807, 2.05) is 133 Å². The zero-order chi connectivity index (χ0) is 35.7. The molecule has 6 aromatic rings. The third kappa shape index (κ3) is 12.6. The summed E-state index contributed by atoms with van der Waals surface area (Å²) in [6.45, 7) is 17.6. The Morgan fingerprint density at radius 3 is 1.51 bits per heavy atom. The summed E-state index contributed by atoms with van der Waals surface area (Å²) in [6, 6.07) is 50.0. The fraction of sp³-hybridized carbons (Fsp3) is 0.191. The van der Waals surface area contributed by atoms with E-state index < -0.39 is 0 Å². The maximum atomic E-state index is 11.1. The molecule has 0 amide bonds. The maximum Gasteiger partial charge on any atom is 0.131 e. The fourth-order valence-electron chi connectivity index (χ4n) is 5.51. The van der Waals surface area contributed by atoms with Gasteiger partial charge in [-0.25, -0.2) is 0 Å². The summed E-state index contributed by atoms with van der Waals surface area (Å²) < 4.78 is 6.21. The number of phenols is 1. The van der Waals surface area contributed by atoms with E-state index in [1.54, 1.807) is 0 Å². The quantitative estimate of drug-likeness (QED) is 0.0848. The summed E-state index contributed by atoms with van der Waals surface area (Å²) in [5.74, 6) is 1.90. The van der Waals surface area contributed by atoms with Gasteiger partial charge in [0.2, 0.25) is 0 Å². The zero-order valence-corrected chi connectivity index (χ0v) is 34.0. The molecule has 4 heteroatoms. The first kappa shape index (κ1) is 40.8. The fourth-order valence-corrected chi connectivity index (χ4v) is 5.51. The Labute approximate surface area is 325 Å². The monoisotopic (exact) mass is 840 g/mol. The molecule has 0 fully saturated rings. The molecule has 0 aliphatic heterocycles. The Hall–Kier alpha value is -4.67. The smallest absolute Gasteiger partial charge is 0.131 e. The van der Waals surface area contributed by atoms with E-state index in [9.17, 15) is 5.11 Å². The predicted octanol–water partition coefficient (Wildman–Crippen LogP) is 13.2. The largest absolute Gasteiger partial charge is 0.684 e. The molecule has 0 unspecified atom stereocenters. The molecular weight excluding hydrogens is 789 g/mol. The first-order valence-corrected chi connectivity index (χ1v) is 17.4. The minimum atomic E-state index is 0. The second-order valence-electron chi connectivity index (χ2n) is 12.7. The molecule has 0 radical (unpaired) electrons. The van der Waals surface area contributed by atoms with Crippen molar-refractivity contribution in [2.75, 3.05) is 13.2 Å². The van der Waals surface area contributed by atoms with Crippen molar-refractivity contribution in [3.63, 3.8) is 0 Å². The van der Waals surface area contributed by atoms with Gasteiger partial charge in [0.1, 0.15) is 11.5 Å². The second kappa shape index (κ2) is 21.5. The third-order valence-electron chi connectivity index (χ3n) is 8.16. The molecule has 6 rings (SSSR count). The van der Waals surface area contributed by atoms with Crippen LogP contribution in [0.2, 0.25) is 0 Å². The van der Waals surface area contributed by atoms with Crippen molar-refractivity contribution in [2.45, 2.75) is 46.0 Å². The number of rotatable bonds is 10. The number of ether oxygens (including phenoxy) is 1. The van der Waals surface area contributed by atoms with E-state index in [4.69, 9.17) is 10.1 Å². The van der Waals surface area contributed by atoms with Gasteiger partial charge < -0.3 is 15.2 Å². The van der Waals surface area contributed by atoms with Gasteiger partial charge in [0, 0.05) is 42.5 Å². The van der Waals surface area contributed by atoms with Crippen molar-refractivity contribution >= 4 is 5.69 Å². The molecule has 0 saturated carbocycles. The van der Waals surface area contributed by atoms with E-state index in [2.05, 4.69) is 59.7 Å². The van der Waals surface area contributed by atoms with Crippen LogP contribution in [-0.4, -0.2) is 18.3 Å². The van der Waals surface area contributed by atoms with E-state index >= 15 is 0 Å². The molecule has 0 aliphatic carbocycles. The molecule has 262 valence electrons. The van der Waals surface area contributed by atoms with Crippen LogP contribution in [0.25, 0.3) is 27.6 Å². The standard InChI is InChI=1S/C33H36NO2.2C7H7.Hf/c1-23(2)26-16-10-17-27(24(3)4)32(26)34-21-12-22-36-31-20-9-8-15-29(31)30-19-11-18-28(33(30)35)25-13-6-5-7-14-25;2*1-7-5-3-2-4-6-7;/h5-11,13-20,23-24,35H,12,21-22H2,1-4H3;2*2-6H,1H2;/q3*-1;. The zero-order valence-electron chi connectivity index (χ0n) is 30.4. The molecule has 3 nitrogen and oxygen atoms in total. The van der Waals surface area contributed by atoms with E-state index in [0.29, 0.717) is 25.0 Å². The average Bonchev–Trinajstić information content (AvgIpc) is 3.13. The van der Waals surface area contributed by atoms with Crippen LogP contribution >= 0.6 is 0 Å². The number of hydrogen-bond donors (Lipinski definition) is 1. The van der Waals surface area contributed by atoms with Crippen LogP contribution in [0.4, 0.5) is 5.69 Å². The van der Waals surface area contributed by atoms with Crippen molar-refractivity contribution in [2.24, 2.45) is 0 Å². The van der Waals surface area contributed by atoms with Crippen molar-refractivity contribution < 1.29 is 35.7 Å². The second-order valence-corrected chi connectivity index (χ2v) is 12.7. The number of hydrogen-bond acceptors (Lipinski definition) is 2. The van der Waals surface area contributed by atoms with Gasteiger partial charge in [0.25, 0.3) is 0 Å². The minimum Gasteiger partial charge on any atom is -0.684 e. The Kier molecular flexibility index (Phi) is 17.2. The Bertz CT molecular complexity index is 1790. The van der Waals surface area contributed by atoms with Crippen LogP contribution in [0.15, 0.2) is 152 Å². The Morgan fingerprint density at radius 1 is 0.549 bits per heavy atom. The van der Waals surface area contributed by atoms with Gasteiger partial charge in [-0.05, 0) is 29.9 Å². The summed E-state index contributed by atoms with van der Waals surface area (Å²) in [4.78, 5) is 0. The van der Waals surface area contributed by atoms with Crippen LogP contribution in [0.3, 0.4) is 0 Å². The first-order valence-electron chi connectivity index (χ1n) is 17.4. The molecule has 0 heterocycles. The summed E-state index contributed by atoms with van der Waals surface area (Å²) in [5, 5.41) is 16.1. The van der Waals surface area contributed by atoms with E-state index in [0.717, 1.165) is 51.2 Å². The molecule has 1 N–H and O–H groups in total.